The number of rotatable bonds is 8. The maximum absolute atomic E-state index is 12.2. The fraction of sp³-hybridized carbons (Fsp3) is 0.261. The molecule has 1 N–H and O–H groups in total. The molecule has 27 heavy (non-hydrogen) atoms. The quantitative estimate of drug-likeness (QED) is 0.631. The lowest BCUT2D eigenvalue weighted by Crippen LogP contribution is -2.22. The fourth-order valence-electron chi connectivity index (χ4n) is 3.00. The van der Waals surface area contributed by atoms with Crippen molar-refractivity contribution in [1.82, 2.24) is 4.90 Å². The van der Waals surface area contributed by atoms with Gasteiger partial charge in [-0.25, -0.2) is 0 Å². The molecule has 0 saturated heterocycles. The van der Waals surface area contributed by atoms with Crippen LogP contribution in [0.3, 0.4) is 0 Å². The number of carbonyl (C=O) groups is 1. The van der Waals surface area contributed by atoms with E-state index in [4.69, 9.17) is 4.74 Å². The molecule has 0 aliphatic carbocycles. The van der Waals surface area contributed by atoms with Crippen LogP contribution < -0.4 is 10.1 Å². The second-order valence-electron chi connectivity index (χ2n) is 6.50. The number of nitrogens with one attached hydrogen (secondary N) is 1. The first-order chi connectivity index (χ1) is 13.2. The maximum Gasteiger partial charge on any atom is 0.262 e. The zero-order chi connectivity index (χ0) is 19.1. The van der Waals surface area contributed by atoms with Gasteiger partial charge in [0.25, 0.3) is 5.91 Å². The second-order valence-corrected chi connectivity index (χ2v) is 6.50. The molecular weight excluding hydrogens is 336 g/mol. The second kappa shape index (κ2) is 9.19. The van der Waals surface area contributed by atoms with E-state index in [2.05, 4.69) is 42.3 Å². The van der Waals surface area contributed by atoms with Crippen molar-refractivity contribution in [2.24, 2.45) is 0 Å². The fourth-order valence-corrected chi connectivity index (χ4v) is 3.00. The van der Waals surface area contributed by atoms with Crippen LogP contribution in [0.25, 0.3) is 10.8 Å². The maximum atomic E-state index is 12.2. The van der Waals surface area contributed by atoms with E-state index in [-0.39, 0.29) is 12.5 Å². The zero-order valence-electron chi connectivity index (χ0n) is 15.9. The summed E-state index contributed by atoms with van der Waals surface area (Å²) in [6.45, 7) is 7.29. The lowest BCUT2D eigenvalue weighted by molar-refractivity contribution is -0.118. The largest absolute Gasteiger partial charge is 0.484 e. The summed E-state index contributed by atoms with van der Waals surface area (Å²) in [4.78, 5) is 14.5. The van der Waals surface area contributed by atoms with E-state index in [1.54, 1.807) is 0 Å². The van der Waals surface area contributed by atoms with Gasteiger partial charge in [-0.3, -0.25) is 9.69 Å². The molecule has 0 bridgehead atoms. The SMILES string of the molecule is CCN(CC)Cc1ccc(NC(=O)COc2ccc3ccccc3c2)cc1. The number of hydrogen-bond acceptors (Lipinski definition) is 3. The minimum atomic E-state index is -0.167. The first-order valence-electron chi connectivity index (χ1n) is 9.40. The Morgan fingerprint density at radius 2 is 1.63 bits per heavy atom. The molecule has 0 spiro atoms. The topological polar surface area (TPSA) is 41.6 Å². The highest BCUT2D eigenvalue weighted by atomic mass is 16.5. The summed E-state index contributed by atoms with van der Waals surface area (Å²) >= 11 is 0. The highest BCUT2D eigenvalue weighted by Crippen LogP contribution is 2.20. The predicted octanol–water partition coefficient (Wildman–Crippen LogP) is 4.70. The molecule has 0 aliphatic rings. The van der Waals surface area contributed by atoms with Crippen molar-refractivity contribution in [3.8, 4) is 5.75 Å². The molecule has 4 nitrogen and oxygen atoms in total. The minimum Gasteiger partial charge on any atom is -0.484 e. The van der Waals surface area contributed by atoms with Crippen LogP contribution in [0.5, 0.6) is 5.75 Å². The molecule has 4 heteroatoms. The molecule has 140 valence electrons. The molecule has 0 saturated carbocycles. The molecule has 0 unspecified atom stereocenters. The predicted molar refractivity (Wildman–Crippen MR) is 111 cm³/mol. The Morgan fingerprint density at radius 3 is 2.33 bits per heavy atom. The van der Waals surface area contributed by atoms with E-state index < -0.39 is 0 Å². The Labute approximate surface area is 160 Å². The summed E-state index contributed by atoms with van der Waals surface area (Å²) in [6, 6.07) is 21.9. The normalized spacial score (nSPS) is 10.9. The molecule has 0 heterocycles. The van der Waals surface area contributed by atoms with Gasteiger partial charge >= 0.3 is 0 Å². The van der Waals surface area contributed by atoms with E-state index in [9.17, 15) is 4.79 Å². The first kappa shape index (κ1) is 18.9. The number of benzene rings is 3. The number of fused-ring (bicyclic) bond motifs is 1. The summed E-state index contributed by atoms with van der Waals surface area (Å²) in [5.41, 5.74) is 2.02. The average molecular weight is 362 g/mol. The lowest BCUT2D eigenvalue weighted by Gasteiger charge is -2.18. The van der Waals surface area contributed by atoms with Crippen LogP contribution in [0.4, 0.5) is 5.69 Å². The Hall–Kier alpha value is -2.85. The van der Waals surface area contributed by atoms with Gasteiger partial charge in [0.1, 0.15) is 5.75 Å². The van der Waals surface area contributed by atoms with E-state index >= 15 is 0 Å². The van der Waals surface area contributed by atoms with Crippen molar-refractivity contribution in [1.29, 1.82) is 0 Å². The number of ether oxygens (including phenoxy) is 1. The van der Waals surface area contributed by atoms with Gasteiger partial charge in [0.15, 0.2) is 6.61 Å². The summed E-state index contributed by atoms with van der Waals surface area (Å²) in [5.74, 6) is 0.526. The van der Waals surface area contributed by atoms with Gasteiger partial charge < -0.3 is 10.1 Å². The first-order valence-corrected chi connectivity index (χ1v) is 9.40. The molecule has 0 fully saturated rings. The average Bonchev–Trinajstić information content (AvgIpc) is 2.71. The van der Waals surface area contributed by atoms with E-state index in [1.807, 2.05) is 48.5 Å². The summed E-state index contributed by atoms with van der Waals surface area (Å²) in [5, 5.41) is 5.13. The molecule has 0 atom stereocenters. The van der Waals surface area contributed by atoms with Gasteiger partial charge in [-0.2, -0.15) is 0 Å². The van der Waals surface area contributed by atoms with Crippen LogP contribution in [0.2, 0.25) is 0 Å². The molecule has 1 amide bonds. The molecule has 0 aliphatic heterocycles. The summed E-state index contributed by atoms with van der Waals surface area (Å²) in [7, 11) is 0. The van der Waals surface area contributed by atoms with E-state index in [0.717, 1.165) is 36.1 Å². The Kier molecular flexibility index (Phi) is 6.44. The molecule has 0 radical (unpaired) electrons. The smallest absolute Gasteiger partial charge is 0.262 e. The number of carbonyl (C=O) groups excluding carboxylic acids is 1. The standard InChI is InChI=1S/C23H26N2O2/c1-3-25(4-2)16-18-9-12-21(13-10-18)24-23(26)17-27-22-14-11-19-7-5-6-8-20(19)15-22/h5-15H,3-4,16-17H2,1-2H3,(H,24,26). The van der Waals surface area contributed by atoms with Gasteiger partial charge in [0.05, 0.1) is 0 Å². The van der Waals surface area contributed by atoms with Crippen molar-refractivity contribution in [2.75, 3.05) is 25.0 Å². The van der Waals surface area contributed by atoms with Crippen LogP contribution in [0.15, 0.2) is 66.7 Å². The van der Waals surface area contributed by atoms with Crippen molar-refractivity contribution in [2.45, 2.75) is 20.4 Å². The van der Waals surface area contributed by atoms with Crippen LogP contribution in [0, 0.1) is 0 Å². The van der Waals surface area contributed by atoms with Crippen molar-refractivity contribution >= 4 is 22.4 Å². The highest BCUT2D eigenvalue weighted by Gasteiger charge is 2.06. The molecule has 0 aromatic heterocycles. The monoisotopic (exact) mass is 362 g/mol. The van der Waals surface area contributed by atoms with Gasteiger partial charge in [0, 0.05) is 12.2 Å². The molecular formula is C23H26N2O2. The van der Waals surface area contributed by atoms with Crippen molar-refractivity contribution in [3.05, 3.63) is 72.3 Å². The number of anilines is 1. The molecule has 3 aromatic carbocycles. The van der Waals surface area contributed by atoms with Crippen molar-refractivity contribution in [3.63, 3.8) is 0 Å². The summed E-state index contributed by atoms with van der Waals surface area (Å²) < 4.78 is 5.63. The summed E-state index contributed by atoms with van der Waals surface area (Å²) in [6.07, 6.45) is 0. The third kappa shape index (κ3) is 5.31. The van der Waals surface area contributed by atoms with E-state index in [0.29, 0.717) is 5.75 Å². The lowest BCUT2D eigenvalue weighted by atomic mass is 10.1. The molecule has 3 aromatic rings. The number of nitrogens with zero attached hydrogens (tertiary/aromatic N) is 1. The van der Waals surface area contributed by atoms with Crippen LogP contribution >= 0.6 is 0 Å². The van der Waals surface area contributed by atoms with Gasteiger partial charge in [-0.1, -0.05) is 56.3 Å². The van der Waals surface area contributed by atoms with Gasteiger partial charge in [-0.15, -0.1) is 0 Å². The number of hydrogen-bond donors (Lipinski definition) is 1. The van der Waals surface area contributed by atoms with Gasteiger partial charge in [-0.05, 0) is 53.7 Å². The van der Waals surface area contributed by atoms with E-state index in [1.165, 1.54) is 5.56 Å². The minimum absolute atomic E-state index is 0.0143. The number of amides is 1. The third-order valence-corrected chi connectivity index (χ3v) is 4.63. The van der Waals surface area contributed by atoms with Gasteiger partial charge in [0.2, 0.25) is 0 Å². The van der Waals surface area contributed by atoms with Crippen LogP contribution in [-0.4, -0.2) is 30.5 Å². The zero-order valence-corrected chi connectivity index (χ0v) is 15.9. The third-order valence-electron chi connectivity index (χ3n) is 4.63. The highest BCUT2D eigenvalue weighted by molar-refractivity contribution is 5.92. The van der Waals surface area contributed by atoms with Crippen LogP contribution in [-0.2, 0) is 11.3 Å². The Balaban J connectivity index is 1.52. The Bertz CT molecular complexity index is 886. The van der Waals surface area contributed by atoms with Crippen LogP contribution in [0.1, 0.15) is 19.4 Å². The molecule has 3 rings (SSSR count). The van der Waals surface area contributed by atoms with Crippen molar-refractivity contribution < 1.29 is 9.53 Å². The Morgan fingerprint density at radius 1 is 0.926 bits per heavy atom.